The molecule has 2 atom stereocenters. The predicted molar refractivity (Wildman–Crippen MR) is 63.5 cm³/mol. The van der Waals surface area contributed by atoms with Crippen molar-refractivity contribution in [3.8, 4) is 0 Å². The summed E-state index contributed by atoms with van der Waals surface area (Å²) in [5.41, 5.74) is 0.357. The highest BCUT2D eigenvalue weighted by molar-refractivity contribution is 5.95. The monoisotopic (exact) mass is 251 g/mol. The molecule has 0 saturated heterocycles. The van der Waals surface area contributed by atoms with E-state index in [1.807, 2.05) is 0 Å². The van der Waals surface area contributed by atoms with Crippen LogP contribution in [0.25, 0.3) is 0 Å². The summed E-state index contributed by atoms with van der Waals surface area (Å²) in [6.07, 6.45) is 1.83. The first-order chi connectivity index (χ1) is 8.58. The summed E-state index contributed by atoms with van der Waals surface area (Å²) in [4.78, 5) is 22.9. The van der Waals surface area contributed by atoms with Gasteiger partial charge in [0.25, 0.3) is 0 Å². The summed E-state index contributed by atoms with van der Waals surface area (Å²) in [6, 6.07) is 5.56. The van der Waals surface area contributed by atoms with Gasteiger partial charge in [-0.25, -0.2) is 4.39 Å². The summed E-state index contributed by atoms with van der Waals surface area (Å²) < 4.78 is 13.0. The number of carbonyl (C=O) groups is 2. The molecule has 1 aromatic carbocycles. The zero-order chi connectivity index (χ0) is 13.1. The number of hydrogen-bond acceptors (Lipinski definition) is 2. The van der Waals surface area contributed by atoms with Crippen molar-refractivity contribution in [2.45, 2.75) is 19.3 Å². The molecular formula is C13H14FNO3. The van der Waals surface area contributed by atoms with Crippen molar-refractivity contribution < 1.29 is 19.1 Å². The highest BCUT2D eigenvalue weighted by Crippen LogP contribution is 2.32. The lowest BCUT2D eigenvalue weighted by Crippen LogP contribution is -2.29. The fraction of sp³-hybridized carbons (Fsp3) is 0.385. The Morgan fingerprint density at radius 2 is 2.00 bits per heavy atom. The van der Waals surface area contributed by atoms with Gasteiger partial charge in [-0.05, 0) is 31.0 Å². The molecule has 0 aromatic heterocycles. The van der Waals surface area contributed by atoms with Gasteiger partial charge in [0, 0.05) is 5.69 Å². The van der Waals surface area contributed by atoms with Gasteiger partial charge in [-0.2, -0.15) is 0 Å². The second-order valence-corrected chi connectivity index (χ2v) is 4.48. The number of carbonyl (C=O) groups excluding carboxylic acids is 1. The van der Waals surface area contributed by atoms with E-state index in [1.165, 1.54) is 18.2 Å². The largest absolute Gasteiger partial charge is 0.481 e. The van der Waals surface area contributed by atoms with Gasteiger partial charge in [0.05, 0.1) is 11.8 Å². The van der Waals surface area contributed by atoms with Gasteiger partial charge >= 0.3 is 5.97 Å². The minimum absolute atomic E-state index is 0.342. The van der Waals surface area contributed by atoms with Crippen LogP contribution in [0.5, 0.6) is 0 Å². The molecule has 5 heteroatoms. The minimum atomic E-state index is -0.938. The third-order valence-electron chi connectivity index (χ3n) is 3.26. The van der Waals surface area contributed by atoms with E-state index in [4.69, 9.17) is 5.11 Å². The lowest BCUT2D eigenvalue weighted by molar-refractivity contribution is -0.145. The second-order valence-electron chi connectivity index (χ2n) is 4.48. The Bertz CT molecular complexity index is 475. The predicted octanol–water partition coefficient (Wildman–Crippen LogP) is 2.27. The number of amides is 1. The summed E-state index contributed by atoms with van der Waals surface area (Å²) in [5, 5.41) is 11.6. The first-order valence-electron chi connectivity index (χ1n) is 5.87. The van der Waals surface area contributed by atoms with Crippen molar-refractivity contribution in [3.63, 3.8) is 0 Å². The van der Waals surface area contributed by atoms with Gasteiger partial charge < -0.3 is 10.4 Å². The molecule has 2 N–H and O–H groups in total. The standard InChI is InChI=1S/C13H14FNO3/c14-8-3-1-4-9(7-8)15-12(16)10-5-2-6-11(10)13(17)18/h1,3-4,7,10-11H,2,5-6H2,(H,15,16)(H,17,18)/t10-,11+/m1/s1. The number of rotatable bonds is 3. The normalized spacial score (nSPS) is 22.7. The molecular weight excluding hydrogens is 237 g/mol. The van der Waals surface area contributed by atoms with Crippen molar-refractivity contribution in [1.29, 1.82) is 0 Å². The third kappa shape index (κ3) is 2.67. The quantitative estimate of drug-likeness (QED) is 0.866. The van der Waals surface area contributed by atoms with Crippen LogP contribution in [0.15, 0.2) is 24.3 Å². The molecule has 1 amide bonds. The van der Waals surface area contributed by atoms with Crippen molar-refractivity contribution in [2.75, 3.05) is 5.32 Å². The van der Waals surface area contributed by atoms with Crippen LogP contribution in [0.4, 0.5) is 10.1 Å². The number of hydrogen-bond donors (Lipinski definition) is 2. The van der Waals surface area contributed by atoms with Crippen molar-refractivity contribution in [3.05, 3.63) is 30.1 Å². The Morgan fingerprint density at radius 1 is 1.28 bits per heavy atom. The van der Waals surface area contributed by atoms with Crippen LogP contribution in [0, 0.1) is 17.7 Å². The Morgan fingerprint density at radius 3 is 2.67 bits per heavy atom. The zero-order valence-electron chi connectivity index (χ0n) is 9.73. The fourth-order valence-electron chi connectivity index (χ4n) is 2.37. The second kappa shape index (κ2) is 5.16. The van der Waals surface area contributed by atoms with E-state index in [2.05, 4.69) is 5.32 Å². The smallest absolute Gasteiger partial charge is 0.307 e. The Labute approximate surface area is 104 Å². The molecule has 0 spiro atoms. The molecule has 0 radical (unpaired) electrons. The average molecular weight is 251 g/mol. The van der Waals surface area contributed by atoms with E-state index < -0.39 is 23.6 Å². The summed E-state index contributed by atoms with van der Waals surface area (Å²) in [5.74, 6) is -2.87. The van der Waals surface area contributed by atoms with E-state index in [0.717, 1.165) is 6.42 Å². The molecule has 18 heavy (non-hydrogen) atoms. The summed E-state index contributed by atoms with van der Waals surface area (Å²) in [6.45, 7) is 0. The van der Waals surface area contributed by atoms with Gasteiger partial charge in [0.2, 0.25) is 5.91 Å². The molecule has 0 bridgehead atoms. The maximum Gasteiger partial charge on any atom is 0.307 e. The molecule has 0 unspecified atom stereocenters. The van der Waals surface area contributed by atoms with Gasteiger partial charge in [-0.15, -0.1) is 0 Å². The van der Waals surface area contributed by atoms with Crippen molar-refractivity contribution in [1.82, 2.24) is 0 Å². The van der Waals surface area contributed by atoms with Crippen LogP contribution < -0.4 is 5.32 Å². The fourth-order valence-corrected chi connectivity index (χ4v) is 2.37. The Hall–Kier alpha value is -1.91. The van der Waals surface area contributed by atoms with E-state index in [1.54, 1.807) is 6.07 Å². The maximum absolute atomic E-state index is 13.0. The third-order valence-corrected chi connectivity index (χ3v) is 3.26. The molecule has 96 valence electrons. The number of benzene rings is 1. The molecule has 0 heterocycles. The van der Waals surface area contributed by atoms with E-state index in [-0.39, 0.29) is 5.91 Å². The number of carboxylic acids is 1. The van der Waals surface area contributed by atoms with Crippen molar-refractivity contribution in [2.24, 2.45) is 11.8 Å². The lowest BCUT2D eigenvalue weighted by atomic mass is 9.95. The molecule has 1 aliphatic carbocycles. The van der Waals surface area contributed by atoms with Gasteiger partial charge in [-0.3, -0.25) is 9.59 Å². The van der Waals surface area contributed by atoms with E-state index in [9.17, 15) is 14.0 Å². The highest BCUT2D eigenvalue weighted by Gasteiger charge is 2.37. The molecule has 1 fully saturated rings. The van der Waals surface area contributed by atoms with Gasteiger partial charge in [0.15, 0.2) is 0 Å². The molecule has 1 saturated carbocycles. The number of nitrogens with one attached hydrogen (secondary N) is 1. The van der Waals surface area contributed by atoms with Crippen LogP contribution in [-0.2, 0) is 9.59 Å². The van der Waals surface area contributed by atoms with Gasteiger partial charge in [-0.1, -0.05) is 12.5 Å². The first-order valence-corrected chi connectivity index (χ1v) is 5.87. The first kappa shape index (κ1) is 12.5. The number of aliphatic carboxylic acids is 1. The molecule has 0 aliphatic heterocycles. The Kier molecular flexibility index (Phi) is 3.60. The van der Waals surface area contributed by atoms with Crippen molar-refractivity contribution >= 4 is 17.6 Å². The maximum atomic E-state index is 13.0. The minimum Gasteiger partial charge on any atom is -0.481 e. The number of anilines is 1. The van der Waals surface area contributed by atoms with Crippen LogP contribution >= 0.6 is 0 Å². The molecule has 2 rings (SSSR count). The zero-order valence-corrected chi connectivity index (χ0v) is 9.73. The summed E-state index contributed by atoms with van der Waals surface area (Å²) in [7, 11) is 0. The number of halogens is 1. The van der Waals surface area contributed by atoms with E-state index >= 15 is 0 Å². The van der Waals surface area contributed by atoms with Crippen LogP contribution in [-0.4, -0.2) is 17.0 Å². The molecule has 4 nitrogen and oxygen atoms in total. The summed E-state index contributed by atoms with van der Waals surface area (Å²) >= 11 is 0. The Balaban J connectivity index is 2.06. The van der Waals surface area contributed by atoms with Crippen LogP contribution in [0.3, 0.4) is 0 Å². The number of carboxylic acid groups (broad SMARTS) is 1. The molecule has 1 aromatic rings. The van der Waals surface area contributed by atoms with Gasteiger partial charge in [0.1, 0.15) is 5.82 Å². The molecule has 1 aliphatic rings. The SMILES string of the molecule is O=C(O)[C@H]1CCC[C@H]1C(=O)Nc1cccc(F)c1. The lowest BCUT2D eigenvalue weighted by Gasteiger charge is -2.15. The topological polar surface area (TPSA) is 66.4 Å². The van der Waals surface area contributed by atoms with E-state index in [0.29, 0.717) is 18.5 Å². The van der Waals surface area contributed by atoms with Crippen LogP contribution in [0.2, 0.25) is 0 Å². The highest BCUT2D eigenvalue weighted by atomic mass is 19.1. The average Bonchev–Trinajstić information content (AvgIpc) is 2.77. The van der Waals surface area contributed by atoms with Crippen LogP contribution in [0.1, 0.15) is 19.3 Å².